The molecular formula is C11H19NO2. The summed E-state index contributed by atoms with van der Waals surface area (Å²) in [6.45, 7) is 1.86. The van der Waals surface area contributed by atoms with Crippen molar-refractivity contribution in [3.05, 3.63) is 11.6 Å². The highest BCUT2D eigenvalue weighted by atomic mass is 16.5. The van der Waals surface area contributed by atoms with Gasteiger partial charge in [-0.15, -0.1) is 0 Å². The lowest BCUT2D eigenvalue weighted by molar-refractivity contribution is -0.115. The lowest BCUT2D eigenvalue weighted by Gasteiger charge is -2.11. The Hall–Kier alpha value is -0.670. The SMILES string of the molecule is COCCNCC(=O)C1=CCCCC1. The van der Waals surface area contributed by atoms with Crippen LogP contribution in [0.15, 0.2) is 11.6 Å². The van der Waals surface area contributed by atoms with Gasteiger partial charge in [-0.1, -0.05) is 6.08 Å². The van der Waals surface area contributed by atoms with Gasteiger partial charge in [0.2, 0.25) is 0 Å². The van der Waals surface area contributed by atoms with E-state index in [0.717, 1.165) is 31.4 Å². The number of hydrogen-bond donors (Lipinski definition) is 1. The number of rotatable bonds is 6. The van der Waals surface area contributed by atoms with Crippen LogP contribution in [0.2, 0.25) is 0 Å². The molecule has 3 heteroatoms. The monoisotopic (exact) mass is 197 g/mol. The molecule has 0 aromatic carbocycles. The lowest BCUT2D eigenvalue weighted by atomic mass is 9.96. The molecule has 0 unspecified atom stereocenters. The van der Waals surface area contributed by atoms with Crippen LogP contribution >= 0.6 is 0 Å². The van der Waals surface area contributed by atoms with Crippen LogP contribution < -0.4 is 5.32 Å². The molecule has 0 spiro atoms. The second kappa shape index (κ2) is 6.74. The smallest absolute Gasteiger partial charge is 0.172 e. The van der Waals surface area contributed by atoms with Crippen molar-refractivity contribution in [2.75, 3.05) is 26.8 Å². The molecule has 0 fully saturated rings. The average Bonchev–Trinajstić information content (AvgIpc) is 2.25. The van der Waals surface area contributed by atoms with Crippen LogP contribution in [0.1, 0.15) is 25.7 Å². The molecule has 0 aromatic heterocycles. The summed E-state index contributed by atoms with van der Waals surface area (Å²) in [5.74, 6) is 0.251. The molecule has 80 valence electrons. The van der Waals surface area contributed by atoms with Gasteiger partial charge in [0.15, 0.2) is 5.78 Å². The number of ketones is 1. The number of hydrogen-bond acceptors (Lipinski definition) is 3. The number of carbonyl (C=O) groups is 1. The van der Waals surface area contributed by atoms with Crippen LogP contribution in [0.5, 0.6) is 0 Å². The highest BCUT2D eigenvalue weighted by molar-refractivity contribution is 5.96. The molecule has 1 aliphatic carbocycles. The molecule has 0 saturated carbocycles. The van der Waals surface area contributed by atoms with Gasteiger partial charge in [0.05, 0.1) is 13.2 Å². The first kappa shape index (κ1) is 11.4. The summed E-state index contributed by atoms with van der Waals surface area (Å²) in [6, 6.07) is 0. The van der Waals surface area contributed by atoms with Crippen LogP contribution in [0.25, 0.3) is 0 Å². The Bertz CT molecular complexity index is 211. The number of ether oxygens (including phenoxy) is 1. The molecule has 1 N–H and O–H groups in total. The quantitative estimate of drug-likeness (QED) is 0.652. The Morgan fingerprint density at radius 3 is 3.07 bits per heavy atom. The van der Waals surface area contributed by atoms with Crippen molar-refractivity contribution in [2.45, 2.75) is 25.7 Å². The maximum atomic E-state index is 11.6. The van der Waals surface area contributed by atoms with Crippen molar-refractivity contribution in [3.8, 4) is 0 Å². The standard InChI is InChI=1S/C11H19NO2/c1-14-8-7-12-9-11(13)10-5-3-2-4-6-10/h5,12H,2-4,6-9H2,1H3. The molecule has 0 saturated heterocycles. The topological polar surface area (TPSA) is 38.3 Å². The third-order valence-electron chi connectivity index (χ3n) is 2.42. The van der Waals surface area contributed by atoms with Crippen LogP contribution in [0.4, 0.5) is 0 Å². The van der Waals surface area contributed by atoms with E-state index in [2.05, 4.69) is 11.4 Å². The normalized spacial score (nSPS) is 16.5. The zero-order valence-electron chi connectivity index (χ0n) is 8.84. The van der Waals surface area contributed by atoms with E-state index in [4.69, 9.17) is 4.74 Å². The molecular weight excluding hydrogens is 178 g/mol. The second-order valence-electron chi connectivity index (χ2n) is 3.57. The van der Waals surface area contributed by atoms with Crippen LogP contribution in [-0.4, -0.2) is 32.6 Å². The van der Waals surface area contributed by atoms with E-state index in [1.165, 1.54) is 6.42 Å². The third-order valence-corrected chi connectivity index (χ3v) is 2.42. The van der Waals surface area contributed by atoms with Gasteiger partial charge in [0, 0.05) is 13.7 Å². The van der Waals surface area contributed by atoms with E-state index >= 15 is 0 Å². The molecule has 0 heterocycles. The molecule has 14 heavy (non-hydrogen) atoms. The predicted molar refractivity (Wildman–Crippen MR) is 56.3 cm³/mol. The van der Waals surface area contributed by atoms with E-state index in [0.29, 0.717) is 13.2 Å². The van der Waals surface area contributed by atoms with Gasteiger partial charge >= 0.3 is 0 Å². The first-order valence-corrected chi connectivity index (χ1v) is 5.26. The fourth-order valence-corrected chi connectivity index (χ4v) is 1.58. The number of allylic oxidation sites excluding steroid dienone is 1. The van der Waals surface area contributed by atoms with E-state index in [1.807, 2.05) is 0 Å². The van der Waals surface area contributed by atoms with Gasteiger partial charge in [-0.2, -0.15) is 0 Å². The summed E-state index contributed by atoms with van der Waals surface area (Å²) >= 11 is 0. The Morgan fingerprint density at radius 2 is 2.43 bits per heavy atom. The van der Waals surface area contributed by atoms with E-state index < -0.39 is 0 Å². The van der Waals surface area contributed by atoms with E-state index in [-0.39, 0.29) is 5.78 Å². The van der Waals surface area contributed by atoms with Gasteiger partial charge in [0.1, 0.15) is 0 Å². The van der Waals surface area contributed by atoms with Crippen molar-refractivity contribution >= 4 is 5.78 Å². The van der Waals surface area contributed by atoms with Crippen molar-refractivity contribution < 1.29 is 9.53 Å². The van der Waals surface area contributed by atoms with Crippen LogP contribution in [0.3, 0.4) is 0 Å². The third kappa shape index (κ3) is 4.03. The van der Waals surface area contributed by atoms with Crippen molar-refractivity contribution in [3.63, 3.8) is 0 Å². The summed E-state index contributed by atoms with van der Waals surface area (Å²) < 4.78 is 4.88. The minimum absolute atomic E-state index is 0.251. The number of Topliss-reactive ketones (excluding diaryl/α,β-unsaturated/α-hetero) is 1. The zero-order chi connectivity index (χ0) is 10.2. The van der Waals surface area contributed by atoms with Gasteiger partial charge < -0.3 is 10.1 Å². The first-order valence-electron chi connectivity index (χ1n) is 5.26. The fourth-order valence-electron chi connectivity index (χ4n) is 1.58. The Labute approximate surface area is 85.5 Å². The summed E-state index contributed by atoms with van der Waals surface area (Å²) in [5, 5.41) is 3.07. The Balaban J connectivity index is 2.17. The Kier molecular flexibility index (Phi) is 5.49. The van der Waals surface area contributed by atoms with Gasteiger partial charge in [-0.25, -0.2) is 0 Å². The summed E-state index contributed by atoms with van der Waals surface area (Å²) in [5.41, 5.74) is 1.01. The molecule has 0 radical (unpaired) electrons. The van der Waals surface area contributed by atoms with Gasteiger partial charge in [0.25, 0.3) is 0 Å². The molecule has 0 bridgehead atoms. The highest BCUT2D eigenvalue weighted by Gasteiger charge is 2.11. The molecule has 1 rings (SSSR count). The molecule has 0 atom stereocenters. The van der Waals surface area contributed by atoms with Crippen LogP contribution in [0, 0.1) is 0 Å². The van der Waals surface area contributed by atoms with Crippen molar-refractivity contribution in [1.82, 2.24) is 5.32 Å². The molecule has 0 aromatic rings. The van der Waals surface area contributed by atoms with Crippen LogP contribution in [-0.2, 0) is 9.53 Å². The number of methoxy groups -OCH3 is 1. The molecule has 3 nitrogen and oxygen atoms in total. The molecule has 0 aliphatic heterocycles. The minimum Gasteiger partial charge on any atom is -0.383 e. The van der Waals surface area contributed by atoms with E-state index in [9.17, 15) is 4.79 Å². The lowest BCUT2D eigenvalue weighted by Crippen LogP contribution is -2.27. The largest absolute Gasteiger partial charge is 0.383 e. The zero-order valence-corrected chi connectivity index (χ0v) is 8.84. The van der Waals surface area contributed by atoms with Gasteiger partial charge in [-0.05, 0) is 31.3 Å². The number of nitrogens with one attached hydrogen (secondary N) is 1. The second-order valence-corrected chi connectivity index (χ2v) is 3.57. The number of carbonyl (C=O) groups excluding carboxylic acids is 1. The first-order chi connectivity index (χ1) is 6.84. The summed E-state index contributed by atoms with van der Waals surface area (Å²) in [6.07, 6.45) is 6.51. The molecule has 0 amide bonds. The predicted octanol–water partition coefficient (Wildman–Crippen LogP) is 1.29. The van der Waals surface area contributed by atoms with Crippen molar-refractivity contribution in [1.29, 1.82) is 0 Å². The Morgan fingerprint density at radius 1 is 1.57 bits per heavy atom. The summed E-state index contributed by atoms with van der Waals surface area (Å²) in [4.78, 5) is 11.6. The van der Waals surface area contributed by atoms with Gasteiger partial charge in [-0.3, -0.25) is 4.79 Å². The fraction of sp³-hybridized carbons (Fsp3) is 0.727. The maximum Gasteiger partial charge on any atom is 0.172 e. The van der Waals surface area contributed by atoms with E-state index in [1.54, 1.807) is 7.11 Å². The highest BCUT2D eigenvalue weighted by Crippen LogP contribution is 2.17. The maximum absolute atomic E-state index is 11.6. The minimum atomic E-state index is 0.251. The van der Waals surface area contributed by atoms with Crippen molar-refractivity contribution in [2.24, 2.45) is 0 Å². The molecule has 1 aliphatic rings. The average molecular weight is 197 g/mol. The summed E-state index contributed by atoms with van der Waals surface area (Å²) in [7, 11) is 1.66.